The zero-order chi connectivity index (χ0) is 19.3. The SMILES string of the molecule is Cc1cc(N2C[C@@]34C=C[C@@H](O3)[C@H](C(=O)NCC[NH+]3CCOCC3)[C@@H]4C2=O)no1. The highest BCUT2D eigenvalue weighted by Gasteiger charge is 2.67. The van der Waals surface area contributed by atoms with Crippen molar-refractivity contribution in [2.45, 2.75) is 18.6 Å². The second-order valence-corrected chi connectivity index (χ2v) is 8.02. The molecule has 1 aromatic heterocycles. The Labute approximate surface area is 162 Å². The number of quaternary nitrogens is 1. The number of nitrogens with one attached hydrogen (secondary N) is 2. The number of carbonyl (C=O) groups excluding carboxylic acids is 2. The molecule has 2 bridgehead atoms. The minimum absolute atomic E-state index is 0.111. The summed E-state index contributed by atoms with van der Waals surface area (Å²) in [6.07, 6.45) is 3.51. The molecule has 3 fully saturated rings. The van der Waals surface area contributed by atoms with Crippen molar-refractivity contribution >= 4 is 17.6 Å². The van der Waals surface area contributed by atoms with Crippen molar-refractivity contribution in [3.8, 4) is 0 Å². The minimum Gasteiger partial charge on any atom is -0.370 e. The first-order valence-electron chi connectivity index (χ1n) is 9.88. The Morgan fingerprint density at radius 1 is 1.43 bits per heavy atom. The number of amides is 2. The van der Waals surface area contributed by atoms with Crippen LogP contribution in [0.2, 0.25) is 0 Å². The average molecular weight is 389 g/mol. The molecule has 0 unspecified atom stereocenters. The summed E-state index contributed by atoms with van der Waals surface area (Å²) in [4.78, 5) is 29.1. The molecule has 2 amide bonds. The topological polar surface area (TPSA) is 98.3 Å². The monoisotopic (exact) mass is 389 g/mol. The summed E-state index contributed by atoms with van der Waals surface area (Å²) in [6, 6.07) is 1.73. The van der Waals surface area contributed by atoms with E-state index in [9.17, 15) is 9.59 Å². The molecule has 0 saturated carbocycles. The van der Waals surface area contributed by atoms with Crippen LogP contribution in [-0.4, -0.2) is 74.6 Å². The molecule has 5 rings (SSSR count). The number of aromatic nitrogens is 1. The summed E-state index contributed by atoms with van der Waals surface area (Å²) in [5.74, 6) is -0.148. The lowest BCUT2D eigenvalue weighted by molar-refractivity contribution is -0.906. The molecule has 1 aromatic rings. The van der Waals surface area contributed by atoms with Gasteiger partial charge < -0.3 is 24.2 Å². The van der Waals surface area contributed by atoms with E-state index in [1.54, 1.807) is 17.9 Å². The van der Waals surface area contributed by atoms with E-state index < -0.39 is 17.4 Å². The number of ether oxygens (including phenoxy) is 2. The Balaban J connectivity index is 1.27. The summed E-state index contributed by atoms with van der Waals surface area (Å²) in [5.41, 5.74) is -0.744. The van der Waals surface area contributed by atoms with E-state index in [4.69, 9.17) is 14.0 Å². The fourth-order valence-corrected chi connectivity index (χ4v) is 4.86. The third-order valence-corrected chi connectivity index (χ3v) is 6.27. The van der Waals surface area contributed by atoms with Crippen molar-refractivity contribution < 1.29 is 28.5 Å². The summed E-state index contributed by atoms with van der Waals surface area (Å²) in [5, 5.41) is 6.99. The van der Waals surface area contributed by atoms with E-state index in [0.717, 1.165) is 32.8 Å². The van der Waals surface area contributed by atoms with Crippen LogP contribution >= 0.6 is 0 Å². The molecule has 0 radical (unpaired) electrons. The predicted molar refractivity (Wildman–Crippen MR) is 96.7 cm³/mol. The van der Waals surface area contributed by atoms with Crippen molar-refractivity contribution in [3.05, 3.63) is 24.0 Å². The minimum atomic E-state index is -0.744. The van der Waals surface area contributed by atoms with Crippen LogP contribution in [0.25, 0.3) is 0 Å². The third-order valence-electron chi connectivity index (χ3n) is 6.27. The second-order valence-electron chi connectivity index (χ2n) is 8.02. The van der Waals surface area contributed by atoms with E-state index in [0.29, 0.717) is 24.7 Å². The Bertz CT molecular complexity index is 817. The van der Waals surface area contributed by atoms with Crippen LogP contribution in [0.1, 0.15) is 5.76 Å². The molecule has 3 saturated heterocycles. The van der Waals surface area contributed by atoms with Gasteiger partial charge in [-0.3, -0.25) is 14.5 Å². The first kappa shape index (κ1) is 17.8. The normalized spacial score (nSPS) is 34.2. The maximum atomic E-state index is 13.1. The van der Waals surface area contributed by atoms with Gasteiger partial charge in [-0.05, 0) is 6.92 Å². The lowest BCUT2D eigenvalue weighted by Crippen LogP contribution is -3.14. The van der Waals surface area contributed by atoms with Gasteiger partial charge in [0.1, 0.15) is 24.5 Å². The van der Waals surface area contributed by atoms with Crippen LogP contribution in [-0.2, 0) is 19.1 Å². The van der Waals surface area contributed by atoms with Crippen molar-refractivity contribution in [1.29, 1.82) is 0 Å². The maximum Gasteiger partial charge on any atom is 0.235 e. The first-order chi connectivity index (χ1) is 13.6. The van der Waals surface area contributed by atoms with E-state index in [1.807, 2.05) is 12.2 Å². The fourth-order valence-electron chi connectivity index (χ4n) is 4.86. The lowest BCUT2D eigenvalue weighted by Gasteiger charge is -2.25. The molecule has 4 atom stereocenters. The van der Waals surface area contributed by atoms with Crippen molar-refractivity contribution in [1.82, 2.24) is 10.5 Å². The largest absolute Gasteiger partial charge is 0.370 e. The molecule has 4 aliphatic heterocycles. The Morgan fingerprint density at radius 3 is 3.00 bits per heavy atom. The maximum absolute atomic E-state index is 13.1. The van der Waals surface area contributed by atoms with Crippen LogP contribution in [0.3, 0.4) is 0 Å². The average Bonchev–Trinajstić information content (AvgIpc) is 3.44. The van der Waals surface area contributed by atoms with E-state index >= 15 is 0 Å². The van der Waals surface area contributed by atoms with Crippen LogP contribution in [0.4, 0.5) is 5.82 Å². The summed E-state index contributed by atoms with van der Waals surface area (Å²) >= 11 is 0. The smallest absolute Gasteiger partial charge is 0.235 e. The molecule has 5 heterocycles. The van der Waals surface area contributed by atoms with E-state index in [1.165, 1.54) is 4.90 Å². The van der Waals surface area contributed by atoms with Crippen molar-refractivity contribution in [3.63, 3.8) is 0 Å². The number of fused-ring (bicyclic) bond motifs is 1. The molecule has 28 heavy (non-hydrogen) atoms. The summed E-state index contributed by atoms with van der Waals surface area (Å²) < 4.78 is 16.6. The highest BCUT2D eigenvalue weighted by molar-refractivity contribution is 6.02. The quantitative estimate of drug-likeness (QED) is 0.583. The molecular weight excluding hydrogens is 364 g/mol. The second kappa shape index (κ2) is 6.68. The van der Waals surface area contributed by atoms with Crippen LogP contribution in [0.5, 0.6) is 0 Å². The Hall–Kier alpha value is -2.23. The number of morpholine rings is 1. The van der Waals surface area contributed by atoms with Gasteiger partial charge in [0, 0.05) is 6.07 Å². The summed E-state index contributed by atoms with van der Waals surface area (Å²) in [6.45, 7) is 7.04. The van der Waals surface area contributed by atoms with Crippen molar-refractivity contribution in [2.24, 2.45) is 11.8 Å². The molecule has 0 aliphatic carbocycles. The van der Waals surface area contributed by atoms with Crippen LogP contribution in [0.15, 0.2) is 22.7 Å². The number of rotatable bonds is 5. The molecule has 9 heteroatoms. The molecule has 9 nitrogen and oxygen atoms in total. The van der Waals surface area contributed by atoms with Crippen molar-refractivity contribution in [2.75, 3.05) is 50.8 Å². The highest BCUT2D eigenvalue weighted by atomic mass is 16.5. The number of hydrogen-bond donors (Lipinski definition) is 2. The van der Waals surface area contributed by atoms with Crippen LogP contribution in [0, 0.1) is 18.8 Å². The number of anilines is 1. The number of hydrogen-bond acceptors (Lipinski definition) is 6. The van der Waals surface area contributed by atoms with E-state index in [-0.39, 0.29) is 17.9 Å². The summed E-state index contributed by atoms with van der Waals surface area (Å²) in [7, 11) is 0. The fraction of sp³-hybridized carbons (Fsp3) is 0.632. The zero-order valence-corrected chi connectivity index (χ0v) is 15.8. The molecule has 1 spiro atoms. The Morgan fingerprint density at radius 2 is 2.25 bits per heavy atom. The number of carbonyl (C=O) groups is 2. The molecule has 150 valence electrons. The Kier molecular flexibility index (Phi) is 4.26. The lowest BCUT2D eigenvalue weighted by atomic mass is 9.77. The molecule has 4 aliphatic rings. The van der Waals surface area contributed by atoms with Crippen LogP contribution < -0.4 is 15.1 Å². The number of aryl methyl sites for hydroxylation is 1. The van der Waals surface area contributed by atoms with Gasteiger partial charge in [0.05, 0.1) is 50.8 Å². The van der Waals surface area contributed by atoms with Gasteiger partial charge in [0.25, 0.3) is 0 Å². The van der Waals surface area contributed by atoms with Gasteiger partial charge in [0.15, 0.2) is 5.82 Å². The van der Waals surface area contributed by atoms with Gasteiger partial charge in [-0.25, -0.2) is 0 Å². The van der Waals surface area contributed by atoms with Gasteiger partial charge in [-0.1, -0.05) is 17.3 Å². The molecule has 2 N–H and O–H groups in total. The number of nitrogens with zero attached hydrogens (tertiary/aromatic N) is 2. The highest BCUT2D eigenvalue weighted by Crippen LogP contribution is 2.52. The van der Waals surface area contributed by atoms with Gasteiger partial charge in [-0.15, -0.1) is 0 Å². The van der Waals surface area contributed by atoms with Gasteiger partial charge in [0.2, 0.25) is 11.8 Å². The molecule has 0 aromatic carbocycles. The zero-order valence-electron chi connectivity index (χ0n) is 15.8. The van der Waals surface area contributed by atoms with Gasteiger partial charge in [-0.2, -0.15) is 0 Å². The standard InChI is InChI=1S/C19H24N4O5/c1-12-10-14(21-28-12)23-11-19-3-2-13(27-19)15(16(19)18(23)25)17(24)20-4-5-22-6-8-26-9-7-22/h2-3,10,13,15-16H,4-9,11H2,1H3,(H,20,24)/p+1/t13-,15+,16-,19-/m1/s1. The van der Waals surface area contributed by atoms with Gasteiger partial charge >= 0.3 is 0 Å². The third kappa shape index (κ3) is 2.76. The molecular formula is C19H25N4O5+. The first-order valence-corrected chi connectivity index (χ1v) is 9.88. The predicted octanol–water partition coefficient (Wildman–Crippen LogP) is -1.70. The van der Waals surface area contributed by atoms with E-state index in [2.05, 4.69) is 10.5 Å².